The van der Waals surface area contributed by atoms with E-state index < -0.39 is 10.0 Å². The number of hydrogen-bond acceptors (Lipinski definition) is 7. The zero-order valence-electron chi connectivity index (χ0n) is 16.8. The van der Waals surface area contributed by atoms with Crippen molar-refractivity contribution < 1.29 is 22.7 Å². The molecule has 4 rings (SSSR count). The number of aryl methyl sites for hydroxylation is 1. The van der Waals surface area contributed by atoms with Gasteiger partial charge in [-0.3, -0.25) is 9.69 Å². The van der Waals surface area contributed by atoms with E-state index in [0.717, 1.165) is 11.1 Å². The molecular formula is C21H21N3O5S2. The number of carbonyl (C=O) groups is 1. The minimum Gasteiger partial charge on any atom is -0.454 e. The first kappa shape index (κ1) is 21.4. The first-order valence-corrected chi connectivity index (χ1v) is 12.2. The average molecular weight is 460 g/mol. The number of thioether (sulfide) groups is 1. The molecule has 0 saturated heterocycles. The van der Waals surface area contributed by atoms with Gasteiger partial charge in [0.05, 0.1) is 11.4 Å². The molecule has 162 valence electrons. The Labute approximate surface area is 184 Å². The lowest BCUT2D eigenvalue weighted by Crippen LogP contribution is -2.30. The molecule has 10 heteroatoms. The van der Waals surface area contributed by atoms with Crippen LogP contribution in [0.5, 0.6) is 11.5 Å². The number of aliphatic imine (C=N–C) groups is 1. The van der Waals surface area contributed by atoms with Gasteiger partial charge in [0.1, 0.15) is 5.70 Å². The van der Waals surface area contributed by atoms with E-state index in [-0.39, 0.29) is 24.2 Å². The standard InChI is InChI=1S/C21H21N3O5S2/c1-14-3-6-16(7-4-14)24-20(25)17(23-21(24)30-9-2-10-31(22,26)27)11-15-5-8-18-19(12-15)29-13-28-18/h3-8,11-12H,2,9-10,13H2,1H3,(H2,22,26,27)/b17-11-. The molecule has 0 aliphatic carbocycles. The normalized spacial score (nSPS) is 16.8. The van der Waals surface area contributed by atoms with Gasteiger partial charge in [0, 0.05) is 5.75 Å². The Kier molecular flexibility index (Phi) is 6.03. The number of ether oxygens (including phenoxy) is 2. The van der Waals surface area contributed by atoms with Gasteiger partial charge >= 0.3 is 0 Å². The first-order chi connectivity index (χ1) is 14.8. The SMILES string of the molecule is Cc1ccc(N2C(=O)/C(=C/c3ccc4c(c3)OCO4)N=C2SCCCS(N)(=O)=O)cc1. The van der Waals surface area contributed by atoms with E-state index in [2.05, 4.69) is 4.99 Å². The van der Waals surface area contributed by atoms with Crippen LogP contribution in [0.2, 0.25) is 0 Å². The van der Waals surface area contributed by atoms with Crippen molar-refractivity contribution in [3.8, 4) is 11.5 Å². The van der Waals surface area contributed by atoms with E-state index in [1.807, 2.05) is 37.3 Å². The van der Waals surface area contributed by atoms with Crippen LogP contribution in [0.15, 0.2) is 53.2 Å². The molecule has 0 spiro atoms. The number of nitrogens with zero attached hydrogens (tertiary/aromatic N) is 2. The molecule has 2 aromatic rings. The van der Waals surface area contributed by atoms with Crippen LogP contribution in [0, 0.1) is 6.92 Å². The summed E-state index contributed by atoms with van der Waals surface area (Å²) >= 11 is 1.32. The van der Waals surface area contributed by atoms with Crippen molar-refractivity contribution in [2.45, 2.75) is 13.3 Å². The second kappa shape index (κ2) is 8.74. The summed E-state index contributed by atoms with van der Waals surface area (Å²) in [6.07, 6.45) is 2.06. The summed E-state index contributed by atoms with van der Waals surface area (Å²) in [5.41, 5.74) is 2.82. The van der Waals surface area contributed by atoms with E-state index in [4.69, 9.17) is 14.6 Å². The maximum atomic E-state index is 13.2. The first-order valence-electron chi connectivity index (χ1n) is 9.55. The lowest BCUT2D eigenvalue weighted by Gasteiger charge is -2.18. The highest BCUT2D eigenvalue weighted by Crippen LogP contribution is 2.34. The molecule has 0 aromatic heterocycles. The number of carbonyl (C=O) groups excluding carboxylic acids is 1. The third kappa shape index (κ3) is 5.09. The molecule has 2 heterocycles. The van der Waals surface area contributed by atoms with Crippen molar-refractivity contribution in [2.75, 3.05) is 23.2 Å². The van der Waals surface area contributed by atoms with Gasteiger partial charge in [0.25, 0.3) is 5.91 Å². The van der Waals surface area contributed by atoms with Crippen LogP contribution in [0.4, 0.5) is 5.69 Å². The number of amides is 1. The smallest absolute Gasteiger partial charge is 0.283 e. The van der Waals surface area contributed by atoms with Gasteiger partial charge in [-0.05, 0) is 49.2 Å². The summed E-state index contributed by atoms with van der Waals surface area (Å²) < 4.78 is 33.1. The number of amidine groups is 1. The Hall–Kier alpha value is -2.82. The summed E-state index contributed by atoms with van der Waals surface area (Å²) in [6.45, 7) is 2.14. The fraction of sp³-hybridized carbons (Fsp3) is 0.238. The van der Waals surface area contributed by atoms with Gasteiger partial charge in [-0.1, -0.05) is 35.5 Å². The largest absolute Gasteiger partial charge is 0.454 e. The average Bonchev–Trinajstić information content (AvgIpc) is 3.30. The van der Waals surface area contributed by atoms with Gasteiger partial charge in [0.15, 0.2) is 16.7 Å². The predicted molar refractivity (Wildman–Crippen MR) is 122 cm³/mol. The highest BCUT2D eigenvalue weighted by Gasteiger charge is 2.32. The molecule has 0 saturated carbocycles. The Bertz CT molecular complexity index is 1170. The minimum atomic E-state index is -3.52. The van der Waals surface area contributed by atoms with E-state index in [0.29, 0.717) is 34.5 Å². The number of fused-ring (bicyclic) bond motifs is 1. The van der Waals surface area contributed by atoms with E-state index in [9.17, 15) is 13.2 Å². The van der Waals surface area contributed by atoms with Crippen LogP contribution in [-0.2, 0) is 14.8 Å². The van der Waals surface area contributed by atoms with Gasteiger partial charge in [-0.15, -0.1) is 0 Å². The van der Waals surface area contributed by atoms with Crippen LogP contribution in [0.25, 0.3) is 6.08 Å². The second-order valence-electron chi connectivity index (χ2n) is 7.08. The number of sulfonamides is 1. The molecule has 0 atom stereocenters. The van der Waals surface area contributed by atoms with Crippen molar-refractivity contribution in [1.82, 2.24) is 0 Å². The van der Waals surface area contributed by atoms with Crippen molar-refractivity contribution in [3.63, 3.8) is 0 Å². The summed E-state index contributed by atoms with van der Waals surface area (Å²) in [5, 5.41) is 5.57. The van der Waals surface area contributed by atoms with Crippen molar-refractivity contribution in [2.24, 2.45) is 10.1 Å². The van der Waals surface area contributed by atoms with E-state index in [1.54, 1.807) is 23.1 Å². The third-order valence-corrected chi connectivity index (χ3v) is 6.51. The molecule has 0 bridgehead atoms. The minimum absolute atomic E-state index is 0.119. The molecule has 0 fully saturated rings. The molecule has 2 aliphatic heterocycles. The van der Waals surface area contributed by atoms with Gasteiger partial charge in [-0.2, -0.15) is 0 Å². The van der Waals surface area contributed by atoms with Crippen molar-refractivity contribution in [1.29, 1.82) is 0 Å². The summed E-state index contributed by atoms with van der Waals surface area (Å²) in [7, 11) is -3.52. The lowest BCUT2D eigenvalue weighted by atomic mass is 10.1. The van der Waals surface area contributed by atoms with Crippen LogP contribution in [-0.4, -0.2) is 37.8 Å². The van der Waals surface area contributed by atoms with E-state index >= 15 is 0 Å². The summed E-state index contributed by atoms with van der Waals surface area (Å²) in [4.78, 5) is 19.3. The fourth-order valence-corrected chi connectivity index (χ4v) is 4.78. The van der Waals surface area contributed by atoms with Crippen LogP contribution < -0.4 is 19.5 Å². The zero-order chi connectivity index (χ0) is 22.0. The summed E-state index contributed by atoms with van der Waals surface area (Å²) in [6, 6.07) is 13.0. The lowest BCUT2D eigenvalue weighted by molar-refractivity contribution is -0.113. The number of hydrogen-bond donors (Lipinski definition) is 1. The molecule has 0 radical (unpaired) electrons. The fourth-order valence-electron chi connectivity index (χ4n) is 3.10. The number of anilines is 1. The summed E-state index contributed by atoms with van der Waals surface area (Å²) in [5.74, 6) is 1.37. The second-order valence-corrected chi connectivity index (χ2v) is 9.88. The van der Waals surface area contributed by atoms with Gasteiger partial charge in [0.2, 0.25) is 16.8 Å². The molecular weight excluding hydrogens is 438 g/mol. The van der Waals surface area contributed by atoms with Crippen molar-refractivity contribution >= 4 is 44.6 Å². The Morgan fingerprint density at radius 1 is 1.16 bits per heavy atom. The number of benzene rings is 2. The quantitative estimate of drug-likeness (QED) is 0.525. The van der Waals surface area contributed by atoms with Crippen LogP contribution in [0.1, 0.15) is 17.5 Å². The molecule has 31 heavy (non-hydrogen) atoms. The van der Waals surface area contributed by atoms with Crippen molar-refractivity contribution in [3.05, 3.63) is 59.3 Å². The number of primary sulfonamides is 1. The molecule has 2 aliphatic rings. The Morgan fingerprint density at radius 3 is 2.65 bits per heavy atom. The molecule has 1 amide bonds. The highest BCUT2D eigenvalue weighted by molar-refractivity contribution is 8.14. The monoisotopic (exact) mass is 459 g/mol. The van der Waals surface area contributed by atoms with Gasteiger partial charge < -0.3 is 9.47 Å². The molecule has 2 N–H and O–H groups in total. The maximum Gasteiger partial charge on any atom is 0.283 e. The predicted octanol–water partition coefficient (Wildman–Crippen LogP) is 2.88. The molecule has 0 unspecified atom stereocenters. The molecule has 8 nitrogen and oxygen atoms in total. The molecule has 2 aromatic carbocycles. The third-order valence-electron chi connectivity index (χ3n) is 4.63. The number of rotatable bonds is 6. The Balaban J connectivity index is 1.60. The maximum absolute atomic E-state index is 13.2. The van der Waals surface area contributed by atoms with Crippen LogP contribution >= 0.6 is 11.8 Å². The van der Waals surface area contributed by atoms with Crippen LogP contribution in [0.3, 0.4) is 0 Å². The topological polar surface area (TPSA) is 111 Å². The van der Waals surface area contributed by atoms with Gasteiger partial charge in [-0.25, -0.2) is 18.5 Å². The zero-order valence-corrected chi connectivity index (χ0v) is 18.4. The Morgan fingerprint density at radius 2 is 1.90 bits per heavy atom. The van der Waals surface area contributed by atoms with E-state index in [1.165, 1.54) is 11.8 Å². The highest BCUT2D eigenvalue weighted by atomic mass is 32.2. The number of nitrogens with two attached hydrogens (primary N) is 1.